The predicted octanol–water partition coefficient (Wildman–Crippen LogP) is 2.21. The van der Waals surface area contributed by atoms with Crippen LogP contribution in [0.3, 0.4) is 0 Å². The first-order valence-electron chi connectivity index (χ1n) is 5.34. The van der Waals surface area contributed by atoms with Gasteiger partial charge >= 0.3 is 0 Å². The zero-order valence-electron chi connectivity index (χ0n) is 9.47. The van der Waals surface area contributed by atoms with Crippen molar-refractivity contribution >= 4 is 5.78 Å². The van der Waals surface area contributed by atoms with Crippen LogP contribution in [-0.2, 0) is 13.5 Å². The minimum absolute atomic E-state index is 0.0248. The van der Waals surface area contributed by atoms with Crippen molar-refractivity contribution < 1.29 is 4.79 Å². The maximum atomic E-state index is 12.0. The maximum absolute atomic E-state index is 12.0. The van der Waals surface area contributed by atoms with Crippen LogP contribution in [0, 0.1) is 0 Å². The molecular formula is C13H14N2O. The van der Waals surface area contributed by atoms with E-state index >= 15 is 0 Å². The van der Waals surface area contributed by atoms with Crippen molar-refractivity contribution in [2.24, 2.45) is 7.05 Å². The van der Waals surface area contributed by atoms with Gasteiger partial charge in [0.05, 0.1) is 0 Å². The summed E-state index contributed by atoms with van der Waals surface area (Å²) in [7, 11) is 1.80. The van der Waals surface area contributed by atoms with Crippen LogP contribution in [-0.4, -0.2) is 15.6 Å². The lowest BCUT2D eigenvalue weighted by Crippen LogP contribution is -2.03. The molecule has 0 bridgehead atoms. The predicted molar refractivity (Wildman–Crippen MR) is 62.5 cm³/mol. The fraction of sp³-hybridized carbons (Fsp3) is 0.231. The Balaban J connectivity index is 2.27. The molecule has 0 fully saturated rings. The van der Waals surface area contributed by atoms with Crippen LogP contribution in [0.1, 0.15) is 28.5 Å². The van der Waals surface area contributed by atoms with Crippen molar-refractivity contribution in [2.45, 2.75) is 13.3 Å². The van der Waals surface area contributed by atoms with Crippen LogP contribution in [0.4, 0.5) is 0 Å². The Morgan fingerprint density at radius 2 is 1.94 bits per heavy atom. The van der Waals surface area contributed by atoms with Crippen molar-refractivity contribution in [1.29, 1.82) is 0 Å². The van der Waals surface area contributed by atoms with Gasteiger partial charge < -0.3 is 0 Å². The van der Waals surface area contributed by atoms with E-state index in [9.17, 15) is 4.79 Å². The summed E-state index contributed by atoms with van der Waals surface area (Å²) < 4.78 is 1.63. The van der Waals surface area contributed by atoms with Gasteiger partial charge in [-0.1, -0.05) is 31.2 Å². The van der Waals surface area contributed by atoms with E-state index in [2.05, 4.69) is 12.0 Å². The standard InChI is InChI=1S/C13H14N2O/c1-3-10-4-6-11(7-5-10)13(16)12-8-9-15(2)14-12/h4-9H,3H2,1-2H3. The zero-order valence-corrected chi connectivity index (χ0v) is 9.47. The Bertz CT molecular complexity index is 497. The minimum atomic E-state index is -0.0248. The summed E-state index contributed by atoms with van der Waals surface area (Å²) in [5.41, 5.74) is 2.42. The molecule has 0 spiro atoms. The average Bonchev–Trinajstić information content (AvgIpc) is 2.75. The fourth-order valence-corrected chi connectivity index (χ4v) is 1.58. The lowest BCUT2D eigenvalue weighted by Gasteiger charge is -1.99. The Kier molecular flexibility index (Phi) is 2.86. The first-order chi connectivity index (χ1) is 7.70. The van der Waals surface area contributed by atoms with E-state index in [-0.39, 0.29) is 5.78 Å². The molecule has 3 nitrogen and oxygen atoms in total. The third-order valence-electron chi connectivity index (χ3n) is 2.57. The number of nitrogens with zero attached hydrogens (tertiary/aromatic N) is 2. The van der Waals surface area contributed by atoms with Crippen molar-refractivity contribution in [2.75, 3.05) is 0 Å². The van der Waals surface area contributed by atoms with E-state index in [0.717, 1.165) is 6.42 Å². The summed E-state index contributed by atoms with van der Waals surface area (Å²) in [6, 6.07) is 9.41. The Morgan fingerprint density at radius 3 is 2.44 bits per heavy atom. The van der Waals surface area contributed by atoms with Crippen molar-refractivity contribution in [3.05, 3.63) is 53.3 Å². The van der Waals surface area contributed by atoms with Crippen molar-refractivity contribution in [1.82, 2.24) is 9.78 Å². The second-order valence-electron chi connectivity index (χ2n) is 3.75. The molecule has 0 saturated carbocycles. The molecule has 2 aromatic rings. The molecule has 0 unspecified atom stereocenters. The molecule has 2 rings (SSSR count). The number of ketones is 1. The molecule has 0 saturated heterocycles. The lowest BCUT2D eigenvalue weighted by molar-refractivity contribution is 0.103. The highest BCUT2D eigenvalue weighted by Gasteiger charge is 2.11. The highest BCUT2D eigenvalue weighted by molar-refractivity contribution is 6.07. The molecule has 0 aliphatic carbocycles. The second kappa shape index (κ2) is 4.31. The Morgan fingerprint density at radius 1 is 1.25 bits per heavy atom. The molecule has 3 heteroatoms. The third kappa shape index (κ3) is 2.03. The summed E-state index contributed by atoms with van der Waals surface area (Å²) in [4.78, 5) is 12.0. The topological polar surface area (TPSA) is 34.9 Å². The van der Waals surface area contributed by atoms with Gasteiger partial charge in [0, 0.05) is 18.8 Å². The maximum Gasteiger partial charge on any atom is 0.213 e. The fourth-order valence-electron chi connectivity index (χ4n) is 1.58. The first-order valence-corrected chi connectivity index (χ1v) is 5.34. The van der Waals surface area contributed by atoms with Gasteiger partial charge in [-0.25, -0.2) is 0 Å². The quantitative estimate of drug-likeness (QED) is 0.734. The van der Waals surface area contributed by atoms with E-state index < -0.39 is 0 Å². The normalized spacial score (nSPS) is 10.4. The molecule has 0 aliphatic heterocycles. The smallest absolute Gasteiger partial charge is 0.213 e. The number of aryl methyl sites for hydroxylation is 2. The molecule has 1 heterocycles. The number of rotatable bonds is 3. The SMILES string of the molecule is CCc1ccc(C(=O)c2ccn(C)n2)cc1. The molecule has 1 aromatic heterocycles. The van der Waals surface area contributed by atoms with Gasteiger partial charge in [0.15, 0.2) is 0 Å². The van der Waals surface area contributed by atoms with Gasteiger partial charge in [-0.3, -0.25) is 9.48 Å². The number of carbonyl (C=O) groups is 1. The van der Waals surface area contributed by atoms with Crippen LogP contribution in [0.25, 0.3) is 0 Å². The molecule has 0 atom stereocenters. The molecule has 82 valence electrons. The second-order valence-corrected chi connectivity index (χ2v) is 3.75. The zero-order chi connectivity index (χ0) is 11.5. The minimum Gasteiger partial charge on any atom is -0.287 e. The molecule has 0 amide bonds. The Hall–Kier alpha value is -1.90. The lowest BCUT2D eigenvalue weighted by atomic mass is 10.1. The highest BCUT2D eigenvalue weighted by Crippen LogP contribution is 2.09. The summed E-state index contributed by atoms with van der Waals surface area (Å²) >= 11 is 0. The molecule has 0 aliphatic rings. The van der Waals surface area contributed by atoms with Crippen LogP contribution >= 0.6 is 0 Å². The van der Waals surface area contributed by atoms with E-state index in [1.165, 1.54) is 5.56 Å². The van der Waals surface area contributed by atoms with Crippen LogP contribution < -0.4 is 0 Å². The van der Waals surface area contributed by atoms with Crippen LogP contribution in [0.2, 0.25) is 0 Å². The van der Waals surface area contributed by atoms with Gasteiger partial charge in [0.1, 0.15) is 5.69 Å². The van der Waals surface area contributed by atoms with E-state index in [1.54, 1.807) is 24.0 Å². The van der Waals surface area contributed by atoms with Crippen molar-refractivity contribution in [3.8, 4) is 0 Å². The first kappa shape index (κ1) is 10.6. The van der Waals surface area contributed by atoms with Gasteiger partial charge in [-0.2, -0.15) is 5.10 Å². The Labute approximate surface area is 94.7 Å². The van der Waals surface area contributed by atoms with Gasteiger partial charge in [-0.05, 0) is 18.1 Å². The van der Waals surface area contributed by atoms with Crippen LogP contribution in [0.15, 0.2) is 36.5 Å². The van der Waals surface area contributed by atoms with Gasteiger partial charge in [0.25, 0.3) is 0 Å². The number of benzene rings is 1. The summed E-state index contributed by atoms with van der Waals surface area (Å²) in [5.74, 6) is -0.0248. The van der Waals surface area contributed by atoms with Crippen LogP contribution in [0.5, 0.6) is 0 Å². The van der Waals surface area contributed by atoms with Crippen molar-refractivity contribution in [3.63, 3.8) is 0 Å². The highest BCUT2D eigenvalue weighted by atomic mass is 16.1. The number of hydrogen-bond donors (Lipinski definition) is 0. The average molecular weight is 214 g/mol. The molecular weight excluding hydrogens is 200 g/mol. The largest absolute Gasteiger partial charge is 0.287 e. The van der Waals surface area contributed by atoms with E-state index in [1.807, 2.05) is 24.3 Å². The molecule has 0 N–H and O–H groups in total. The van der Waals surface area contributed by atoms with E-state index in [0.29, 0.717) is 11.3 Å². The van der Waals surface area contributed by atoms with Gasteiger partial charge in [-0.15, -0.1) is 0 Å². The monoisotopic (exact) mass is 214 g/mol. The third-order valence-corrected chi connectivity index (χ3v) is 2.57. The van der Waals surface area contributed by atoms with Gasteiger partial charge in [0.2, 0.25) is 5.78 Å². The number of hydrogen-bond acceptors (Lipinski definition) is 2. The number of carbonyl (C=O) groups excluding carboxylic acids is 1. The number of aromatic nitrogens is 2. The molecule has 16 heavy (non-hydrogen) atoms. The molecule has 0 radical (unpaired) electrons. The summed E-state index contributed by atoms with van der Waals surface area (Å²) in [5, 5.41) is 4.10. The van der Waals surface area contributed by atoms with E-state index in [4.69, 9.17) is 0 Å². The summed E-state index contributed by atoms with van der Waals surface area (Å²) in [6.07, 6.45) is 2.76. The summed E-state index contributed by atoms with van der Waals surface area (Å²) in [6.45, 7) is 2.09. The molecule has 1 aromatic carbocycles.